The Bertz CT molecular complexity index is 662. The molecule has 1 aromatic carbocycles. The summed E-state index contributed by atoms with van der Waals surface area (Å²) >= 11 is 0. The van der Waals surface area contributed by atoms with Crippen LogP contribution >= 0.6 is 0 Å². The maximum atomic E-state index is 12.1. The van der Waals surface area contributed by atoms with Gasteiger partial charge in [0.25, 0.3) is 11.8 Å². The van der Waals surface area contributed by atoms with Gasteiger partial charge in [-0.15, -0.1) is 0 Å². The molecule has 0 aromatic heterocycles. The fraction of sp³-hybridized carbons (Fsp3) is 0.353. The van der Waals surface area contributed by atoms with Crippen molar-refractivity contribution in [2.45, 2.75) is 32.7 Å². The number of rotatable bonds is 7. The SMILES string of the molecule is C=NN(/C(C)=C(\N)C(=O)NC1CC1)c1ccc(C(=O)NCC)cc1. The summed E-state index contributed by atoms with van der Waals surface area (Å²) in [6, 6.07) is 7.06. The van der Waals surface area contributed by atoms with Crippen molar-refractivity contribution >= 4 is 24.2 Å². The Morgan fingerprint density at radius 1 is 1.33 bits per heavy atom. The molecule has 7 nitrogen and oxygen atoms in total. The van der Waals surface area contributed by atoms with Crippen molar-refractivity contribution in [1.29, 1.82) is 0 Å². The fourth-order valence-corrected chi connectivity index (χ4v) is 2.17. The van der Waals surface area contributed by atoms with Crippen LogP contribution in [0.25, 0.3) is 0 Å². The van der Waals surface area contributed by atoms with E-state index >= 15 is 0 Å². The molecule has 0 saturated heterocycles. The number of nitrogens with zero attached hydrogens (tertiary/aromatic N) is 2. The van der Waals surface area contributed by atoms with Crippen LogP contribution in [-0.2, 0) is 4.79 Å². The molecule has 0 unspecified atom stereocenters. The number of hydrazone groups is 1. The smallest absolute Gasteiger partial charge is 0.269 e. The molecule has 1 saturated carbocycles. The Morgan fingerprint density at radius 2 is 1.96 bits per heavy atom. The predicted octanol–water partition coefficient (Wildman–Crippen LogP) is 1.33. The molecule has 0 heterocycles. The highest BCUT2D eigenvalue weighted by atomic mass is 16.2. The first-order chi connectivity index (χ1) is 11.5. The summed E-state index contributed by atoms with van der Waals surface area (Å²) in [6.45, 7) is 7.66. The van der Waals surface area contributed by atoms with Crippen molar-refractivity contribution in [1.82, 2.24) is 10.6 Å². The van der Waals surface area contributed by atoms with Crippen LogP contribution in [0.5, 0.6) is 0 Å². The number of carbonyl (C=O) groups excluding carboxylic acids is 2. The van der Waals surface area contributed by atoms with E-state index in [0.29, 0.717) is 23.5 Å². The lowest BCUT2D eigenvalue weighted by Gasteiger charge is -2.21. The summed E-state index contributed by atoms with van der Waals surface area (Å²) in [4.78, 5) is 23.9. The van der Waals surface area contributed by atoms with E-state index in [1.807, 2.05) is 6.92 Å². The number of hydrogen-bond acceptors (Lipinski definition) is 5. The van der Waals surface area contributed by atoms with Crippen LogP contribution in [0.3, 0.4) is 0 Å². The summed E-state index contributed by atoms with van der Waals surface area (Å²) in [5.74, 6) is -0.444. The maximum Gasteiger partial charge on any atom is 0.269 e. The minimum absolute atomic E-state index is 0.0992. The third kappa shape index (κ3) is 4.13. The van der Waals surface area contributed by atoms with Gasteiger partial charge in [0.1, 0.15) is 5.70 Å². The van der Waals surface area contributed by atoms with Crippen molar-refractivity contribution < 1.29 is 9.59 Å². The highest BCUT2D eigenvalue weighted by Gasteiger charge is 2.25. The van der Waals surface area contributed by atoms with Gasteiger partial charge in [-0.3, -0.25) is 9.59 Å². The molecule has 0 spiro atoms. The van der Waals surface area contributed by atoms with Crippen LogP contribution in [0.4, 0.5) is 5.69 Å². The molecule has 1 aliphatic carbocycles. The van der Waals surface area contributed by atoms with Crippen LogP contribution in [0.2, 0.25) is 0 Å². The predicted molar refractivity (Wildman–Crippen MR) is 94.5 cm³/mol. The van der Waals surface area contributed by atoms with Gasteiger partial charge in [-0.1, -0.05) is 0 Å². The first-order valence-electron chi connectivity index (χ1n) is 7.90. The van der Waals surface area contributed by atoms with E-state index in [9.17, 15) is 9.59 Å². The summed E-state index contributed by atoms with van der Waals surface area (Å²) in [5.41, 5.74) is 7.73. The highest BCUT2D eigenvalue weighted by molar-refractivity contribution is 5.95. The molecule has 2 rings (SSSR count). The van der Waals surface area contributed by atoms with E-state index < -0.39 is 0 Å². The number of anilines is 1. The van der Waals surface area contributed by atoms with E-state index in [1.54, 1.807) is 31.2 Å². The molecule has 128 valence electrons. The molecule has 2 amide bonds. The number of hydrogen-bond donors (Lipinski definition) is 3. The van der Waals surface area contributed by atoms with E-state index in [2.05, 4.69) is 22.5 Å². The van der Waals surface area contributed by atoms with Gasteiger partial charge in [-0.05, 0) is 51.0 Å². The monoisotopic (exact) mass is 329 g/mol. The fourth-order valence-electron chi connectivity index (χ4n) is 2.17. The Balaban J connectivity index is 2.18. The number of allylic oxidation sites excluding steroid dienone is 1. The molecule has 1 aromatic rings. The number of benzene rings is 1. The van der Waals surface area contributed by atoms with Gasteiger partial charge >= 0.3 is 0 Å². The zero-order valence-electron chi connectivity index (χ0n) is 14.0. The van der Waals surface area contributed by atoms with Gasteiger partial charge < -0.3 is 16.4 Å². The van der Waals surface area contributed by atoms with Gasteiger partial charge in [0.05, 0.1) is 11.4 Å². The van der Waals surface area contributed by atoms with Crippen LogP contribution in [0.15, 0.2) is 40.8 Å². The van der Waals surface area contributed by atoms with E-state index in [4.69, 9.17) is 5.73 Å². The largest absolute Gasteiger partial charge is 0.393 e. The molecule has 24 heavy (non-hydrogen) atoms. The molecule has 0 atom stereocenters. The lowest BCUT2D eigenvalue weighted by Crippen LogP contribution is -2.33. The quantitative estimate of drug-likeness (QED) is 0.399. The normalized spacial score (nSPS) is 14.4. The van der Waals surface area contributed by atoms with Crippen molar-refractivity contribution in [3.63, 3.8) is 0 Å². The Kier molecular flexibility index (Phi) is 5.57. The zero-order chi connectivity index (χ0) is 17.7. The highest BCUT2D eigenvalue weighted by Crippen LogP contribution is 2.22. The minimum Gasteiger partial charge on any atom is -0.393 e. The van der Waals surface area contributed by atoms with E-state index in [1.165, 1.54) is 5.01 Å². The van der Waals surface area contributed by atoms with Crippen molar-refractivity contribution in [3.8, 4) is 0 Å². The lowest BCUT2D eigenvalue weighted by molar-refractivity contribution is -0.117. The minimum atomic E-state index is -0.303. The molecule has 0 bridgehead atoms. The molecular weight excluding hydrogens is 306 g/mol. The van der Waals surface area contributed by atoms with Crippen molar-refractivity contribution in [2.75, 3.05) is 11.6 Å². The number of carbonyl (C=O) groups is 2. The molecular formula is C17H23N5O2. The number of nitrogens with two attached hydrogens (primary N) is 1. The summed E-state index contributed by atoms with van der Waals surface area (Å²) < 4.78 is 0. The van der Waals surface area contributed by atoms with Crippen LogP contribution in [0.1, 0.15) is 37.0 Å². The number of amides is 2. The summed E-state index contributed by atoms with van der Waals surface area (Å²) in [5, 5.41) is 11.0. The van der Waals surface area contributed by atoms with Crippen LogP contribution in [-0.4, -0.2) is 31.1 Å². The Morgan fingerprint density at radius 3 is 2.46 bits per heavy atom. The molecule has 0 radical (unpaired) electrons. The Hall–Kier alpha value is -2.83. The maximum absolute atomic E-state index is 12.1. The third-order valence-corrected chi connectivity index (χ3v) is 3.72. The summed E-state index contributed by atoms with van der Waals surface area (Å²) in [7, 11) is 0. The van der Waals surface area contributed by atoms with Gasteiger partial charge in [0.2, 0.25) is 0 Å². The van der Waals surface area contributed by atoms with Crippen molar-refractivity contribution in [2.24, 2.45) is 10.8 Å². The Labute approximate surface area is 141 Å². The van der Waals surface area contributed by atoms with Gasteiger partial charge in [-0.25, -0.2) is 5.01 Å². The van der Waals surface area contributed by atoms with E-state index in [-0.39, 0.29) is 23.6 Å². The molecule has 1 aliphatic rings. The van der Waals surface area contributed by atoms with E-state index in [0.717, 1.165) is 12.8 Å². The number of nitrogens with one attached hydrogen (secondary N) is 2. The average Bonchev–Trinajstić information content (AvgIpc) is 3.39. The molecule has 0 aliphatic heterocycles. The van der Waals surface area contributed by atoms with Gasteiger partial charge in [-0.2, -0.15) is 5.10 Å². The second kappa shape index (κ2) is 7.63. The van der Waals surface area contributed by atoms with Gasteiger partial charge in [0.15, 0.2) is 0 Å². The average molecular weight is 329 g/mol. The third-order valence-electron chi connectivity index (χ3n) is 3.72. The molecule has 7 heteroatoms. The van der Waals surface area contributed by atoms with Gasteiger partial charge in [0, 0.05) is 24.9 Å². The molecule has 1 fully saturated rings. The molecule has 4 N–H and O–H groups in total. The lowest BCUT2D eigenvalue weighted by atomic mass is 10.2. The first kappa shape index (κ1) is 17.5. The van der Waals surface area contributed by atoms with Crippen molar-refractivity contribution in [3.05, 3.63) is 41.2 Å². The second-order valence-corrected chi connectivity index (χ2v) is 5.61. The second-order valence-electron chi connectivity index (χ2n) is 5.61. The zero-order valence-corrected chi connectivity index (χ0v) is 14.0. The topological polar surface area (TPSA) is 99.8 Å². The standard InChI is InChI=1S/C17H23N5O2/c1-4-20-16(23)12-5-9-14(10-6-12)22(19-3)11(2)15(18)17(24)21-13-7-8-13/h5-6,9-10,13H,3-4,7-8,18H2,1-2H3,(H,20,23)(H,21,24)/b15-11-. The first-order valence-corrected chi connectivity index (χ1v) is 7.90. The summed E-state index contributed by atoms with van der Waals surface area (Å²) in [6.07, 6.45) is 1.98. The van der Waals surface area contributed by atoms with Crippen LogP contribution in [0, 0.1) is 0 Å². The van der Waals surface area contributed by atoms with Crippen LogP contribution < -0.4 is 21.4 Å².